The fraction of sp³-hybridized carbons (Fsp3) is 0.688. The number of nitrogens with zero attached hydrogens (tertiary/aromatic N) is 2. The zero-order valence-corrected chi connectivity index (χ0v) is 16.6. The normalized spacial score (nSPS) is 37.2. The van der Waals surface area contributed by atoms with Gasteiger partial charge in [0.2, 0.25) is 0 Å². The third-order valence-electron chi connectivity index (χ3n) is 5.07. The summed E-state index contributed by atoms with van der Waals surface area (Å²) in [5.41, 5.74) is 4.18. The van der Waals surface area contributed by atoms with Gasteiger partial charge in [0.1, 0.15) is 29.8 Å². The van der Waals surface area contributed by atoms with Gasteiger partial charge in [-0.2, -0.15) is 4.98 Å². The van der Waals surface area contributed by atoms with Gasteiger partial charge in [0.25, 0.3) is 0 Å². The summed E-state index contributed by atoms with van der Waals surface area (Å²) in [7, 11) is -3.75. The summed E-state index contributed by atoms with van der Waals surface area (Å²) in [6.07, 6.45) is 0.690. The second-order valence-corrected chi connectivity index (χ2v) is 9.24. The lowest BCUT2D eigenvalue weighted by molar-refractivity contribution is -0.149. The van der Waals surface area contributed by atoms with E-state index in [1.807, 2.05) is 0 Å². The van der Waals surface area contributed by atoms with E-state index in [1.54, 1.807) is 13.8 Å². The van der Waals surface area contributed by atoms with Crippen LogP contribution in [0, 0.1) is 5.92 Å². The third kappa shape index (κ3) is 3.27. The van der Waals surface area contributed by atoms with Crippen LogP contribution in [-0.4, -0.2) is 46.0 Å². The number of hydrogen-bond donors (Lipinski definition) is 2. The minimum absolute atomic E-state index is 0.0143. The molecule has 0 bridgehead atoms. The van der Waals surface area contributed by atoms with Gasteiger partial charge < -0.3 is 15.2 Å². The van der Waals surface area contributed by atoms with Gasteiger partial charge in [-0.15, -0.1) is 0 Å². The highest BCUT2D eigenvalue weighted by Gasteiger charge is 2.75. The van der Waals surface area contributed by atoms with Crippen LogP contribution in [0.5, 0.6) is 0 Å². The van der Waals surface area contributed by atoms with Crippen molar-refractivity contribution in [2.75, 3.05) is 12.3 Å². The summed E-state index contributed by atoms with van der Waals surface area (Å²) < 4.78 is 36.6. The maximum absolute atomic E-state index is 13.0. The number of nitrogens with two attached hydrogens (primary N) is 1. The number of anilines is 1. The molecule has 3 heterocycles. The fourth-order valence-corrected chi connectivity index (χ4v) is 5.57. The highest BCUT2D eigenvalue weighted by Crippen LogP contribution is 2.70. The van der Waals surface area contributed by atoms with E-state index >= 15 is 0 Å². The first-order valence-corrected chi connectivity index (χ1v) is 10.6. The van der Waals surface area contributed by atoms with Crippen LogP contribution in [0.25, 0.3) is 0 Å². The summed E-state index contributed by atoms with van der Waals surface area (Å²) in [5, 5.41) is 2.62. The highest BCUT2D eigenvalue weighted by atomic mass is 31.2. The second kappa shape index (κ2) is 6.64. The first-order chi connectivity index (χ1) is 13.1. The molecule has 12 heteroatoms. The molecule has 1 aliphatic carbocycles. The zero-order chi connectivity index (χ0) is 20.3. The zero-order valence-electron chi connectivity index (χ0n) is 15.7. The Kier molecular flexibility index (Phi) is 4.63. The minimum atomic E-state index is -3.75. The molecule has 28 heavy (non-hydrogen) atoms. The standard InChI is InChI=1S/C16H23N4O7P/c1-8(2)25-14(21)9(3)19-28(23)24-7-11-16(27-28)6-10(16)13(26-11)20-5-4-12(17)18-15(20)22/h4-5,8-11,13H,6-7H2,1-3H3,(H,19,23)(H2,17,18,22)/t9-,10+,11+,13+,16+,28+/m0/s1. The maximum Gasteiger partial charge on any atom is 0.407 e. The van der Waals surface area contributed by atoms with Gasteiger partial charge in [0.15, 0.2) is 0 Å². The predicted molar refractivity (Wildman–Crippen MR) is 96.1 cm³/mol. The number of carbonyl (C=O) groups excluding carboxylic acids is 1. The lowest BCUT2D eigenvalue weighted by Gasteiger charge is -2.34. The molecule has 3 N–H and O–H groups in total. The molecule has 0 aromatic carbocycles. The van der Waals surface area contributed by atoms with Crippen LogP contribution in [0.15, 0.2) is 17.1 Å². The summed E-state index contributed by atoms with van der Waals surface area (Å²) >= 11 is 0. The van der Waals surface area contributed by atoms with Crippen molar-refractivity contribution >= 4 is 19.5 Å². The quantitative estimate of drug-likeness (QED) is 0.518. The van der Waals surface area contributed by atoms with Gasteiger partial charge in [-0.1, -0.05) is 0 Å². The number of carbonyl (C=O) groups is 1. The van der Waals surface area contributed by atoms with Crippen molar-refractivity contribution in [3.63, 3.8) is 0 Å². The van der Waals surface area contributed by atoms with Gasteiger partial charge >= 0.3 is 19.4 Å². The Balaban J connectivity index is 1.48. The van der Waals surface area contributed by atoms with Gasteiger partial charge in [0.05, 0.1) is 12.7 Å². The van der Waals surface area contributed by atoms with E-state index in [-0.39, 0.29) is 24.4 Å². The predicted octanol–water partition coefficient (Wildman–Crippen LogP) is 0.566. The molecule has 154 valence electrons. The maximum atomic E-state index is 13.0. The Labute approximate surface area is 161 Å². The lowest BCUT2D eigenvalue weighted by Crippen LogP contribution is -2.43. The summed E-state index contributed by atoms with van der Waals surface area (Å²) in [4.78, 5) is 27.8. The Morgan fingerprint density at radius 3 is 2.93 bits per heavy atom. The first-order valence-electron chi connectivity index (χ1n) is 9.07. The third-order valence-corrected chi connectivity index (χ3v) is 6.84. The molecule has 4 rings (SSSR count). The molecule has 3 fully saturated rings. The molecule has 3 aliphatic rings. The molecule has 1 spiro atoms. The number of ether oxygens (including phenoxy) is 2. The van der Waals surface area contributed by atoms with Crippen LogP contribution in [0.4, 0.5) is 5.82 Å². The Morgan fingerprint density at radius 2 is 2.25 bits per heavy atom. The molecule has 0 radical (unpaired) electrons. The average Bonchev–Trinajstić information content (AvgIpc) is 3.20. The summed E-state index contributed by atoms with van der Waals surface area (Å²) in [6, 6.07) is 0.633. The number of esters is 1. The second-order valence-electron chi connectivity index (χ2n) is 7.54. The smallest absolute Gasteiger partial charge is 0.407 e. The van der Waals surface area contributed by atoms with E-state index in [1.165, 1.54) is 23.8 Å². The molecule has 1 aromatic heterocycles. The summed E-state index contributed by atoms with van der Waals surface area (Å²) in [5.74, 6) is -0.611. The Bertz CT molecular complexity index is 905. The SMILES string of the molecule is CC(C)OC(=O)[C@H](C)N[P@@]1(=O)OC[C@H]2O[C@@H](n3ccc(N)nc3=O)[C@H]3C[C@@]32O1. The minimum Gasteiger partial charge on any atom is -0.462 e. The van der Waals surface area contributed by atoms with Crippen LogP contribution in [0.1, 0.15) is 33.4 Å². The van der Waals surface area contributed by atoms with Crippen molar-refractivity contribution in [2.45, 2.75) is 57.3 Å². The molecular formula is C16H23N4O7P. The van der Waals surface area contributed by atoms with Gasteiger partial charge in [-0.3, -0.25) is 18.4 Å². The first kappa shape index (κ1) is 19.5. The summed E-state index contributed by atoms with van der Waals surface area (Å²) in [6.45, 7) is 4.99. The van der Waals surface area contributed by atoms with Crippen LogP contribution in [0.2, 0.25) is 0 Å². The molecule has 11 nitrogen and oxygen atoms in total. The van der Waals surface area contributed by atoms with E-state index in [2.05, 4.69) is 10.1 Å². The largest absolute Gasteiger partial charge is 0.462 e. The number of aromatic nitrogens is 2. The monoisotopic (exact) mass is 414 g/mol. The van der Waals surface area contributed by atoms with Gasteiger partial charge in [-0.05, 0) is 33.3 Å². The van der Waals surface area contributed by atoms with E-state index in [4.69, 9.17) is 24.3 Å². The van der Waals surface area contributed by atoms with Crippen molar-refractivity contribution in [1.82, 2.24) is 14.6 Å². The molecule has 0 unspecified atom stereocenters. The molecule has 2 saturated heterocycles. The molecule has 2 aliphatic heterocycles. The fourth-order valence-electron chi connectivity index (χ4n) is 3.70. The number of rotatable bonds is 5. The number of nitrogen functional groups attached to an aromatic ring is 1. The van der Waals surface area contributed by atoms with Crippen LogP contribution < -0.4 is 16.5 Å². The number of nitrogens with one attached hydrogen (secondary N) is 1. The molecule has 6 atom stereocenters. The molecule has 1 saturated carbocycles. The van der Waals surface area contributed by atoms with E-state index in [9.17, 15) is 14.2 Å². The highest BCUT2D eigenvalue weighted by molar-refractivity contribution is 7.51. The van der Waals surface area contributed by atoms with Crippen molar-refractivity contribution in [3.8, 4) is 0 Å². The molecule has 1 aromatic rings. The van der Waals surface area contributed by atoms with Crippen molar-refractivity contribution < 1.29 is 27.9 Å². The molecular weight excluding hydrogens is 391 g/mol. The van der Waals surface area contributed by atoms with E-state index in [0.29, 0.717) is 6.42 Å². The van der Waals surface area contributed by atoms with E-state index in [0.717, 1.165) is 0 Å². The van der Waals surface area contributed by atoms with Gasteiger partial charge in [0, 0.05) is 12.1 Å². The van der Waals surface area contributed by atoms with Gasteiger partial charge in [-0.25, -0.2) is 14.4 Å². The number of hydrogen-bond acceptors (Lipinski definition) is 9. The lowest BCUT2D eigenvalue weighted by atomic mass is 10.2. The Hall–Kier alpha value is -1.78. The van der Waals surface area contributed by atoms with Crippen LogP contribution >= 0.6 is 7.75 Å². The van der Waals surface area contributed by atoms with Crippen LogP contribution in [-0.2, 0) is 27.9 Å². The van der Waals surface area contributed by atoms with Crippen molar-refractivity contribution in [2.24, 2.45) is 5.92 Å². The average molecular weight is 414 g/mol. The van der Waals surface area contributed by atoms with Crippen LogP contribution in [0.3, 0.4) is 0 Å². The van der Waals surface area contributed by atoms with Crippen molar-refractivity contribution in [1.29, 1.82) is 0 Å². The van der Waals surface area contributed by atoms with Crippen molar-refractivity contribution in [3.05, 3.63) is 22.7 Å². The Morgan fingerprint density at radius 1 is 1.50 bits per heavy atom. The molecule has 0 amide bonds. The van der Waals surface area contributed by atoms with E-state index < -0.39 is 43.4 Å². The topological polar surface area (TPSA) is 144 Å².